The maximum Gasteiger partial charge on any atom is 0.227 e. The Balaban J connectivity index is 1.81. The van der Waals surface area contributed by atoms with E-state index in [1.807, 2.05) is 0 Å². The average molecular weight is 231 g/mol. The molecule has 0 amide bonds. The van der Waals surface area contributed by atoms with E-state index in [1.54, 1.807) is 0 Å². The van der Waals surface area contributed by atoms with Gasteiger partial charge >= 0.3 is 0 Å². The van der Waals surface area contributed by atoms with Crippen LogP contribution < -0.4 is 5.32 Å². The van der Waals surface area contributed by atoms with Crippen LogP contribution >= 0.6 is 0 Å². The van der Waals surface area contributed by atoms with Crippen molar-refractivity contribution in [3.05, 3.63) is 47.6 Å². The maximum absolute atomic E-state index is 4.94. The van der Waals surface area contributed by atoms with E-state index in [0.29, 0.717) is 11.9 Å². The molecule has 0 bridgehead atoms. The molecule has 4 nitrogen and oxygen atoms in total. The number of aromatic nitrogens is 2. The summed E-state index contributed by atoms with van der Waals surface area (Å²) in [6, 6.07) is 8.90. The van der Waals surface area contributed by atoms with Gasteiger partial charge in [-0.1, -0.05) is 35.0 Å². The molecule has 0 aliphatic carbocycles. The lowest BCUT2D eigenvalue weighted by atomic mass is 10.1. The first kappa shape index (κ1) is 11.8. The topological polar surface area (TPSA) is 51.0 Å². The number of hydrogen-bond acceptors (Lipinski definition) is 4. The van der Waals surface area contributed by atoms with E-state index in [0.717, 1.165) is 13.0 Å². The molecule has 2 rings (SSSR count). The Labute approximate surface area is 101 Å². The van der Waals surface area contributed by atoms with Gasteiger partial charge in [0.05, 0.1) is 0 Å². The highest BCUT2D eigenvalue weighted by molar-refractivity contribution is 5.23. The molecule has 0 radical (unpaired) electrons. The molecule has 0 saturated carbocycles. The minimum Gasteiger partial charge on any atom is -0.340 e. The van der Waals surface area contributed by atoms with E-state index < -0.39 is 0 Å². The summed E-state index contributed by atoms with van der Waals surface area (Å²) in [6.45, 7) is 5.08. The third-order valence-electron chi connectivity index (χ3n) is 2.77. The first-order valence-corrected chi connectivity index (χ1v) is 5.81. The summed E-state index contributed by atoms with van der Waals surface area (Å²) in [5.41, 5.74) is 2.58. The van der Waals surface area contributed by atoms with Gasteiger partial charge in [0.25, 0.3) is 0 Å². The number of rotatable bonds is 5. The second kappa shape index (κ2) is 5.59. The van der Waals surface area contributed by atoms with Gasteiger partial charge in [0.1, 0.15) is 0 Å². The predicted octanol–water partition coefficient (Wildman–Crippen LogP) is 2.27. The molecule has 2 aromatic rings. The fraction of sp³-hybridized carbons (Fsp3) is 0.385. The van der Waals surface area contributed by atoms with Crippen molar-refractivity contribution >= 4 is 0 Å². The van der Waals surface area contributed by atoms with Crippen LogP contribution in [0.2, 0.25) is 0 Å². The van der Waals surface area contributed by atoms with Crippen LogP contribution in [0.4, 0.5) is 0 Å². The van der Waals surface area contributed by atoms with Crippen LogP contribution in [0.1, 0.15) is 30.0 Å². The molecular weight excluding hydrogens is 214 g/mol. The second-order valence-electron chi connectivity index (χ2n) is 4.17. The predicted molar refractivity (Wildman–Crippen MR) is 65.6 cm³/mol. The largest absolute Gasteiger partial charge is 0.340 e. The van der Waals surface area contributed by atoms with Gasteiger partial charge in [0, 0.05) is 19.0 Å². The summed E-state index contributed by atoms with van der Waals surface area (Å²) in [7, 11) is 0. The lowest BCUT2D eigenvalue weighted by Crippen LogP contribution is -2.21. The Morgan fingerprint density at radius 1 is 1.29 bits per heavy atom. The van der Waals surface area contributed by atoms with Gasteiger partial charge in [-0.3, -0.25) is 0 Å². The summed E-state index contributed by atoms with van der Waals surface area (Å²) >= 11 is 0. The molecule has 1 unspecified atom stereocenters. The molecule has 0 spiro atoms. The molecule has 1 atom stereocenters. The zero-order chi connectivity index (χ0) is 12.1. The molecule has 1 aromatic heterocycles. The normalized spacial score (nSPS) is 12.6. The van der Waals surface area contributed by atoms with Gasteiger partial charge in [0.2, 0.25) is 5.89 Å². The van der Waals surface area contributed by atoms with Crippen LogP contribution in [0.15, 0.2) is 35.1 Å². The smallest absolute Gasteiger partial charge is 0.227 e. The van der Waals surface area contributed by atoms with E-state index in [4.69, 9.17) is 4.52 Å². The molecule has 0 aliphatic rings. The Morgan fingerprint density at radius 3 is 2.71 bits per heavy atom. The molecule has 0 saturated heterocycles. The van der Waals surface area contributed by atoms with Crippen LogP contribution in [0.25, 0.3) is 0 Å². The molecule has 4 heteroatoms. The highest BCUT2D eigenvalue weighted by Gasteiger charge is 2.05. The molecular formula is C13H17N3O. The summed E-state index contributed by atoms with van der Waals surface area (Å²) < 4.78 is 4.94. The van der Waals surface area contributed by atoms with Crippen LogP contribution in [-0.4, -0.2) is 16.7 Å². The Kier molecular flexibility index (Phi) is 3.88. The van der Waals surface area contributed by atoms with Crippen molar-refractivity contribution in [3.63, 3.8) is 0 Å². The van der Waals surface area contributed by atoms with E-state index in [9.17, 15) is 0 Å². The van der Waals surface area contributed by atoms with E-state index in [1.165, 1.54) is 17.5 Å². The van der Waals surface area contributed by atoms with Gasteiger partial charge in [-0.25, -0.2) is 0 Å². The Morgan fingerprint density at radius 2 is 2.06 bits per heavy atom. The van der Waals surface area contributed by atoms with Crippen LogP contribution in [0.3, 0.4) is 0 Å². The van der Waals surface area contributed by atoms with Gasteiger partial charge in [0.15, 0.2) is 6.33 Å². The van der Waals surface area contributed by atoms with Crippen molar-refractivity contribution in [2.45, 2.75) is 26.3 Å². The van der Waals surface area contributed by atoms with E-state index >= 15 is 0 Å². The summed E-state index contributed by atoms with van der Waals surface area (Å²) in [5.74, 6) is 0.675. The van der Waals surface area contributed by atoms with Crippen molar-refractivity contribution in [1.82, 2.24) is 15.5 Å². The maximum atomic E-state index is 4.94. The van der Waals surface area contributed by atoms with Crippen LogP contribution in [-0.2, 0) is 6.42 Å². The summed E-state index contributed by atoms with van der Waals surface area (Å²) in [5, 5.41) is 7.00. The number of hydrogen-bond donors (Lipinski definition) is 1. The van der Waals surface area contributed by atoms with Gasteiger partial charge in [-0.15, -0.1) is 0 Å². The zero-order valence-corrected chi connectivity index (χ0v) is 10.2. The zero-order valence-electron chi connectivity index (χ0n) is 10.2. The van der Waals surface area contributed by atoms with E-state index in [2.05, 4.69) is 53.6 Å². The third kappa shape index (κ3) is 3.39. The number of benzene rings is 1. The lowest BCUT2D eigenvalue weighted by Gasteiger charge is -2.13. The van der Waals surface area contributed by atoms with Crippen LogP contribution in [0, 0.1) is 6.92 Å². The molecule has 0 aliphatic heterocycles. The fourth-order valence-corrected chi connectivity index (χ4v) is 1.67. The van der Waals surface area contributed by atoms with Gasteiger partial charge < -0.3 is 9.84 Å². The first-order chi connectivity index (χ1) is 8.25. The number of nitrogens with one attached hydrogen (secondary N) is 1. The Bertz CT molecular complexity index is 436. The SMILES string of the molecule is Cc1ccc(C(C)NCCc2ncno2)cc1. The Hall–Kier alpha value is -1.68. The van der Waals surface area contributed by atoms with E-state index in [-0.39, 0.29) is 0 Å². The molecule has 0 fully saturated rings. The molecule has 90 valence electrons. The van der Waals surface area contributed by atoms with Crippen LogP contribution in [0.5, 0.6) is 0 Å². The second-order valence-corrected chi connectivity index (χ2v) is 4.17. The van der Waals surface area contributed by atoms with Gasteiger partial charge in [-0.2, -0.15) is 4.98 Å². The van der Waals surface area contributed by atoms with Crippen molar-refractivity contribution in [3.8, 4) is 0 Å². The van der Waals surface area contributed by atoms with Gasteiger partial charge in [-0.05, 0) is 19.4 Å². The lowest BCUT2D eigenvalue weighted by molar-refractivity contribution is 0.372. The monoisotopic (exact) mass is 231 g/mol. The summed E-state index contributed by atoms with van der Waals surface area (Å²) in [6.07, 6.45) is 2.19. The molecule has 1 N–H and O–H groups in total. The minimum atomic E-state index is 0.332. The van der Waals surface area contributed by atoms with Crippen molar-refractivity contribution in [1.29, 1.82) is 0 Å². The number of aryl methyl sites for hydroxylation is 1. The highest BCUT2D eigenvalue weighted by Crippen LogP contribution is 2.12. The first-order valence-electron chi connectivity index (χ1n) is 5.81. The van der Waals surface area contributed by atoms with Crippen molar-refractivity contribution in [2.75, 3.05) is 6.54 Å². The molecule has 1 heterocycles. The summed E-state index contributed by atoms with van der Waals surface area (Å²) in [4.78, 5) is 3.98. The standard InChI is InChI=1S/C13H17N3O/c1-10-3-5-12(6-4-10)11(2)14-8-7-13-15-9-16-17-13/h3-6,9,11,14H,7-8H2,1-2H3. The average Bonchev–Trinajstić information content (AvgIpc) is 2.83. The van der Waals surface area contributed by atoms with Crippen molar-refractivity contribution in [2.24, 2.45) is 0 Å². The quantitative estimate of drug-likeness (QED) is 0.857. The van der Waals surface area contributed by atoms with Crippen molar-refractivity contribution < 1.29 is 4.52 Å². The molecule has 1 aromatic carbocycles. The number of nitrogens with zero attached hydrogens (tertiary/aromatic N) is 2. The fourth-order valence-electron chi connectivity index (χ4n) is 1.67. The minimum absolute atomic E-state index is 0.332. The molecule has 17 heavy (non-hydrogen) atoms. The third-order valence-corrected chi connectivity index (χ3v) is 2.77. The highest BCUT2D eigenvalue weighted by atomic mass is 16.5.